The van der Waals surface area contributed by atoms with E-state index in [2.05, 4.69) is 33.0 Å². The number of hydrogen-bond acceptors (Lipinski definition) is 1. The molecular formula is C12H27N. The SMILES string of the molecule is CCCNCCC(C)C(CC)CC. The van der Waals surface area contributed by atoms with Crippen molar-refractivity contribution in [3.05, 3.63) is 0 Å². The molecule has 80 valence electrons. The normalized spacial score (nSPS) is 13.6. The number of hydrogen-bond donors (Lipinski definition) is 1. The van der Waals surface area contributed by atoms with Gasteiger partial charge in [-0.15, -0.1) is 0 Å². The molecule has 0 aromatic heterocycles. The lowest BCUT2D eigenvalue weighted by molar-refractivity contribution is 0.315. The lowest BCUT2D eigenvalue weighted by Gasteiger charge is -2.21. The van der Waals surface area contributed by atoms with Gasteiger partial charge >= 0.3 is 0 Å². The standard InChI is InChI=1S/C12H27N/c1-5-9-13-10-8-11(4)12(6-2)7-3/h11-13H,5-10H2,1-4H3. The van der Waals surface area contributed by atoms with Crippen molar-refractivity contribution in [3.63, 3.8) is 0 Å². The van der Waals surface area contributed by atoms with E-state index in [1.165, 1.54) is 38.8 Å². The van der Waals surface area contributed by atoms with Crippen LogP contribution < -0.4 is 5.32 Å². The lowest BCUT2D eigenvalue weighted by atomic mass is 9.87. The van der Waals surface area contributed by atoms with Gasteiger partial charge in [0.1, 0.15) is 0 Å². The summed E-state index contributed by atoms with van der Waals surface area (Å²) in [4.78, 5) is 0. The zero-order valence-electron chi connectivity index (χ0n) is 9.90. The second-order valence-electron chi connectivity index (χ2n) is 4.09. The first kappa shape index (κ1) is 13.0. The van der Waals surface area contributed by atoms with Gasteiger partial charge in [0, 0.05) is 0 Å². The largest absolute Gasteiger partial charge is 0.317 e. The fourth-order valence-electron chi connectivity index (χ4n) is 1.96. The molecule has 0 rings (SSSR count). The molecule has 1 atom stereocenters. The van der Waals surface area contributed by atoms with Crippen molar-refractivity contribution in [3.8, 4) is 0 Å². The summed E-state index contributed by atoms with van der Waals surface area (Å²) in [7, 11) is 0. The number of nitrogens with one attached hydrogen (secondary N) is 1. The molecule has 0 spiro atoms. The van der Waals surface area contributed by atoms with Crippen LogP contribution in [0, 0.1) is 11.8 Å². The summed E-state index contributed by atoms with van der Waals surface area (Å²) in [5, 5.41) is 3.47. The average Bonchev–Trinajstić information content (AvgIpc) is 2.14. The number of rotatable bonds is 8. The van der Waals surface area contributed by atoms with Crippen LogP contribution in [0.25, 0.3) is 0 Å². The predicted molar refractivity (Wildman–Crippen MR) is 61.0 cm³/mol. The average molecular weight is 185 g/mol. The molecule has 0 aliphatic carbocycles. The zero-order chi connectivity index (χ0) is 10.1. The van der Waals surface area contributed by atoms with Gasteiger partial charge < -0.3 is 5.32 Å². The summed E-state index contributed by atoms with van der Waals surface area (Å²) >= 11 is 0. The van der Waals surface area contributed by atoms with Crippen molar-refractivity contribution in [2.24, 2.45) is 11.8 Å². The molecule has 0 heterocycles. The van der Waals surface area contributed by atoms with E-state index in [0.29, 0.717) is 0 Å². The van der Waals surface area contributed by atoms with Crippen molar-refractivity contribution >= 4 is 0 Å². The fraction of sp³-hybridized carbons (Fsp3) is 1.00. The Hall–Kier alpha value is -0.0400. The summed E-state index contributed by atoms with van der Waals surface area (Å²) in [5.41, 5.74) is 0. The first-order valence-corrected chi connectivity index (χ1v) is 5.96. The lowest BCUT2D eigenvalue weighted by Crippen LogP contribution is -2.21. The topological polar surface area (TPSA) is 12.0 Å². The van der Waals surface area contributed by atoms with Crippen LogP contribution in [-0.2, 0) is 0 Å². The van der Waals surface area contributed by atoms with Crippen LogP contribution in [0.5, 0.6) is 0 Å². The van der Waals surface area contributed by atoms with Crippen molar-refractivity contribution in [2.75, 3.05) is 13.1 Å². The zero-order valence-corrected chi connectivity index (χ0v) is 9.90. The summed E-state index contributed by atoms with van der Waals surface area (Å²) < 4.78 is 0. The molecule has 0 aliphatic rings. The maximum absolute atomic E-state index is 3.47. The molecular weight excluding hydrogens is 158 g/mol. The second-order valence-corrected chi connectivity index (χ2v) is 4.09. The molecule has 13 heavy (non-hydrogen) atoms. The van der Waals surface area contributed by atoms with E-state index in [-0.39, 0.29) is 0 Å². The van der Waals surface area contributed by atoms with Crippen molar-refractivity contribution in [1.29, 1.82) is 0 Å². The highest BCUT2D eigenvalue weighted by atomic mass is 14.8. The van der Waals surface area contributed by atoms with Crippen LogP contribution in [0.15, 0.2) is 0 Å². The van der Waals surface area contributed by atoms with E-state index in [9.17, 15) is 0 Å². The minimum absolute atomic E-state index is 0.888. The minimum atomic E-state index is 0.888. The fourth-order valence-corrected chi connectivity index (χ4v) is 1.96. The molecule has 1 N–H and O–H groups in total. The highest BCUT2D eigenvalue weighted by Gasteiger charge is 2.12. The highest BCUT2D eigenvalue weighted by Crippen LogP contribution is 2.21. The van der Waals surface area contributed by atoms with E-state index in [0.717, 1.165) is 11.8 Å². The van der Waals surface area contributed by atoms with Gasteiger partial charge in [0.05, 0.1) is 0 Å². The third-order valence-electron chi connectivity index (χ3n) is 3.06. The van der Waals surface area contributed by atoms with Crippen LogP contribution in [0.4, 0.5) is 0 Å². The summed E-state index contributed by atoms with van der Waals surface area (Å²) in [6.45, 7) is 11.6. The van der Waals surface area contributed by atoms with Crippen LogP contribution in [0.3, 0.4) is 0 Å². The Morgan fingerprint density at radius 3 is 2.08 bits per heavy atom. The van der Waals surface area contributed by atoms with E-state index < -0.39 is 0 Å². The summed E-state index contributed by atoms with van der Waals surface area (Å²) in [6.07, 6.45) is 5.27. The third kappa shape index (κ3) is 6.09. The molecule has 1 heteroatoms. The molecule has 0 fully saturated rings. The molecule has 0 amide bonds. The smallest absolute Gasteiger partial charge is 0.00463 e. The molecule has 0 aliphatic heterocycles. The quantitative estimate of drug-likeness (QED) is 0.571. The van der Waals surface area contributed by atoms with Gasteiger partial charge in [-0.1, -0.05) is 40.5 Å². The maximum atomic E-state index is 3.47. The predicted octanol–water partition coefficient (Wildman–Crippen LogP) is 3.45. The maximum Gasteiger partial charge on any atom is -0.00463 e. The van der Waals surface area contributed by atoms with Crippen LogP contribution in [0.1, 0.15) is 53.4 Å². The Kier molecular flexibility index (Phi) is 8.53. The van der Waals surface area contributed by atoms with Gasteiger partial charge in [-0.05, 0) is 37.8 Å². The van der Waals surface area contributed by atoms with E-state index >= 15 is 0 Å². The Labute approximate surface area is 84.3 Å². The summed E-state index contributed by atoms with van der Waals surface area (Å²) in [5.74, 6) is 1.82. The van der Waals surface area contributed by atoms with Crippen molar-refractivity contribution in [2.45, 2.75) is 53.4 Å². The van der Waals surface area contributed by atoms with Gasteiger partial charge in [0.25, 0.3) is 0 Å². The molecule has 0 saturated heterocycles. The van der Waals surface area contributed by atoms with E-state index in [4.69, 9.17) is 0 Å². The van der Waals surface area contributed by atoms with Gasteiger partial charge in [0.2, 0.25) is 0 Å². The van der Waals surface area contributed by atoms with Crippen LogP contribution >= 0.6 is 0 Å². The highest BCUT2D eigenvalue weighted by molar-refractivity contribution is 4.64. The first-order chi connectivity index (χ1) is 6.26. The van der Waals surface area contributed by atoms with Gasteiger partial charge in [-0.25, -0.2) is 0 Å². The van der Waals surface area contributed by atoms with Crippen molar-refractivity contribution < 1.29 is 0 Å². The molecule has 0 aromatic rings. The molecule has 0 bridgehead atoms. The van der Waals surface area contributed by atoms with E-state index in [1.54, 1.807) is 0 Å². The molecule has 0 radical (unpaired) electrons. The van der Waals surface area contributed by atoms with Gasteiger partial charge in [0.15, 0.2) is 0 Å². The minimum Gasteiger partial charge on any atom is -0.317 e. The monoisotopic (exact) mass is 185 g/mol. The Morgan fingerprint density at radius 2 is 1.62 bits per heavy atom. The van der Waals surface area contributed by atoms with Crippen LogP contribution in [0.2, 0.25) is 0 Å². The molecule has 0 saturated carbocycles. The van der Waals surface area contributed by atoms with E-state index in [1.807, 2.05) is 0 Å². The Balaban J connectivity index is 3.42. The van der Waals surface area contributed by atoms with Crippen LogP contribution in [-0.4, -0.2) is 13.1 Å². The summed E-state index contributed by atoms with van der Waals surface area (Å²) in [6, 6.07) is 0. The first-order valence-electron chi connectivity index (χ1n) is 5.96. The Morgan fingerprint density at radius 1 is 1.00 bits per heavy atom. The second kappa shape index (κ2) is 8.55. The van der Waals surface area contributed by atoms with Gasteiger partial charge in [-0.2, -0.15) is 0 Å². The molecule has 1 nitrogen and oxygen atoms in total. The molecule has 1 unspecified atom stereocenters. The molecule has 0 aromatic carbocycles. The van der Waals surface area contributed by atoms with Crippen molar-refractivity contribution in [1.82, 2.24) is 5.32 Å². The third-order valence-corrected chi connectivity index (χ3v) is 3.06. The Bertz CT molecular complexity index is 97.3. The van der Waals surface area contributed by atoms with Gasteiger partial charge in [-0.3, -0.25) is 0 Å².